The lowest BCUT2D eigenvalue weighted by Gasteiger charge is -2.27. The summed E-state index contributed by atoms with van der Waals surface area (Å²) in [6.07, 6.45) is -3.97. The summed E-state index contributed by atoms with van der Waals surface area (Å²) in [6.45, 7) is 1.60. The molecule has 2 aromatic rings. The van der Waals surface area contributed by atoms with Crippen LogP contribution in [0.1, 0.15) is 39.7 Å². The standard InChI is InChI=1S/C17H16F3NO3/c1-10-12(6-7-24-10)16(23)21-9-11(22)8-15(21)13-4-2-3-5-14(13)17(18,19)20/h2-7,11,15,22H,8-9H2,1H3. The minimum Gasteiger partial charge on any atom is -0.469 e. The molecule has 4 nitrogen and oxygen atoms in total. The number of carbonyl (C=O) groups excluding carboxylic acids is 1. The summed E-state index contributed by atoms with van der Waals surface area (Å²) in [7, 11) is 0. The highest BCUT2D eigenvalue weighted by Crippen LogP contribution is 2.41. The van der Waals surface area contributed by atoms with Crippen LogP contribution in [0.2, 0.25) is 0 Å². The van der Waals surface area contributed by atoms with Gasteiger partial charge in [-0.15, -0.1) is 0 Å². The second-order valence-electron chi connectivity index (χ2n) is 5.84. The number of aryl methyl sites for hydroxylation is 1. The van der Waals surface area contributed by atoms with Crippen LogP contribution in [-0.2, 0) is 6.18 Å². The molecule has 2 unspecified atom stereocenters. The van der Waals surface area contributed by atoms with Crippen molar-refractivity contribution >= 4 is 5.91 Å². The molecule has 0 spiro atoms. The van der Waals surface area contributed by atoms with Crippen LogP contribution in [0.4, 0.5) is 13.2 Å². The average molecular weight is 339 g/mol. The average Bonchev–Trinajstić information content (AvgIpc) is 3.11. The van der Waals surface area contributed by atoms with Gasteiger partial charge in [0, 0.05) is 6.54 Å². The number of β-amino-alcohol motifs (C(OH)–C–C–N with tert-alkyl or cyclic N) is 1. The Kier molecular flexibility index (Phi) is 4.13. The molecular weight excluding hydrogens is 323 g/mol. The van der Waals surface area contributed by atoms with Crippen molar-refractivity contribution in [2.45, 2.75) is 31.7 Å². The molecule has 3 rings (SSSR count). The summed E-state index contributed by atoms with van der Waals surface area (Å²) >= 11 is 0. The Balaban J connectivity index is 2.01. The highest BCUT2D eigenvalue weighted by molar-refractivity contribution is 5.95. The molecule has 1 aliphatic heterocycles. The number of halogens is 3. The Hall–Kier alpha value is -2.28. The fourth-order valence-corrected chi connectivity index (χ4v) is 3.14. The van der Waals surface area contributed by atoms with E-state index in [2.05, 4.69) is 0 Å². The zero-order chi connectivity index (χ0) is 17.5. The first-order valence-electron chi connectivity index (χ1n) is 7.48. The van der Waals surface area contributed by atoms with E-state index < -0.39 is 29.8 Å². The van der Waals surface area contributed by atoms with Crippen molar-refractivity contribution in [2.24, 2.45) is 0 Å². The van der Waals surface area contributed by atoms with Gasteiger partial charge in [-0.05, 0) is 31.0 Å². The van der Waals surface area contributed by atoms with E-state index in [1.54, 1.807) is 6.92 Å². The highest BCUT2D eigenvalue weighted by atomic mass is 19.4. The van der Waals surface area contributed by atoms with E-state index in [1.165, 1.54) is 35.4 Å². The third kappa shape index (κ3) is 2.91. The van der Waals surface area contributed by atoms with Crippen molar-refractivity contribution in [2.75, 3.05) is 6.54 Å². The van der Waals surface area contributed by atoms with Crippen LogP contribution in [-0.4, -0.2) is 28.6 Å². The number of aliphatic hydroxyl groups excluding tert-OH is 1. The Morgan fingerprint density at radius 2 is 2.00 bits per heavy atom. The van der Waals surface area contributed by atoms with Gasteiger partial charge in [-0.1, -0.05) is 18.2 Å². The van der Waals surface area contributed by atoms with Gasteiger partial charge in [-0.2, -0.15) is 13.2 Å². The third-order valence-corrected chi connectivity index (χ3v) is 4.25. The van der Waals surface area contributed by atoms with Gasteiger partial charge in [0.05, 0.1) is 29.5 Å². The normalized spacial score (nSPS) is 21.3. The maximum Gasteiger partial charge on any atom is 0.416 e. The van der Waals surface area contributed by atoms with Crippen molar-refractivity contribution in [3.8, 4) is 0 Å². The first kappa shape index (κ1) is 16.6. The minimum atomic E-state index is -4.52. The van der Waals surface area contributed by atoms with Gasteiger partial charge in [-0.3, -0.25) is 4.79 Å². The van der Waals surface area contributed by atoms with Gasteiger partial charge in [-0.25, -0.2) is 0 Å². The molecule has 0 aliphatic carbocycles. The van der Waals surface area contributed by atoms with E-state index in [0.29, 0.717) is 11.3 Å². The van der Waals surface area contributed by atoms with Gasteiger partial charge in [0.2, 0.25) is 0 Å². The van der Waals surface area contributed by atoms with Crippen molar-refractivity contribution in [3.05, 3.63) is 59.0 Å². The number of furan rings is 1. The number of likely N-dealkylation sites (tertiary alicyclic amines) is 1. The monoisotopic (exact) mass is 339 g/mol. The van der Waals surface area contributed by atoms with E-state index >= 15 is 0 Å². The van der Waals surface area contributed by atoms with Crippen LogP contribution in [0.25, 0.3) is 0 Å². The maximum atomic E-state index is 13.3. The molecular formula is C17H16F3NO3. The van der Waals surface area contributed by atoms with E-state index in [0.717, 1.165) is 6.07 Å². The Bertz CT molecular complexity index is 754. The molecule has 1 aromatic carbocycles. The zero-order valence-electron chi connectivity index (χ0n) is 12.9. The Morgan fingerprint density at radius 1 is 1.29 bits per heavy atom. The van der Waals surface area contributed by atoms with Crippen LogP contribution >= 0.6 is 0 Å². The third-order valence-electron chi connectivity index (χ3n) is 4.25. The van der Waals surface area contributed by atoms with Crippen molar-refractivity contribution in [1.29, 1.82) is 0 Å². The predicted octanol–water partition coefficient (Wildman–Crippen LogP) is 3.55. The van der Waals surface area contributed by atoms with Crippen LogP contribution < -0.4 is 0 Å². The number of nitrogens with zero attached hydrogens (tertiary/aromatic N) is 1. The first-order chi connectivity index (χ1) is 11.3. The molecule has 1 saturated heterocycles. The molecule has 7 heteroatoms. The summed E-state index contributed by atoms with van der Waals surface area (Å²) in [4.78, 5) is 14.0. The summed E-state index contributed by atoms with van der Waals surface area (Å²) < 4.78 is 45.0. The number of benzene rings is 1. The number of alkyl halides is 3. The van der Waals surface area contributed by atoms with E-state index in [1.807, 2.05) is 0 Å². The van der Waals surface area contributed by atoms with E-state index in [-0.39, 0.29) is 18.5 Å². The smallest absolute Gasteiger partial charge is 0.416 e. The Morgan fingerprint density at radius 3 is 2.62 bits per heavy atom. The van der Waals surface area contributed by atoms with Crippen molar-refractivity contribution < 1.29 is 27.5 Å². The molecule has 0 saturated carbocycles. The lowest BCUT2D eigenvalue weighted by molar-refractivity contribution is -0.138. The van der Waals surface area contributed by atoms with Crippen molar-refractivity contribution in [1.82, 2.24) is 4.90 Å². The van der Waals surface area contributed by atoms with Gasteiger partial charge in [0.15, 0.2) is 0 Å². The predicted molar refractivity (Wildman–Crippen MR) is 79.3 cm³/mol. The number of carbonyl (C=O) groups is 1. The second-order valence-corrected chi connectivity index (χ2v) is 5.84. The number of hydrogen-bond acceptors (Lipinski definition) is 3. The van der Waals surface area contributed by atoms with Crippen LogP contribution in [0.3, 0.4) is 0 Å². The van der Waals surface area contributed by atoms with Crippen LogP contribution in [0.5, 0.6) is 0 Å². The van der Waals surface area contributed by atoms with Crippen LogP contribution in [0, 0.1) is 6.92 Å². The van der Waals surface area contributed by atoms with Gasteiger partial charge in [0.25, 0.3) is 5.91 Å². The molecule has 1 fully saturated rings. The summed E-state index contributed by atoms with van der Waals surface area (Å²) in [6, 6.07) is 5.81. The molecule has 1 aliphatic rings. The molecule has 1 amide bonds. The van der Waals surface area contributed by atoms with Gasteiger partial charge < -0.3 is 14.4 Å². The fraction of sp³-hybridized carbons (Fsp3) is 0.353. The summed E-state index contributed by atoms with van der Waals surface area (Å²) in [5.74, 6) is -0.0518. The summed E-state index contributed by atoms with van der Waals surface area (Å²) in [5, 5.41) is 9.94. The number of hydrogen-bond donors (Lipinski definition) is 1. The van der Waals surface area contributed by atoms with Crippen molar-refractivity contribution in [3.63, 3.8) is 0 Å². The summed E-state index contributed by atoms with van der Waals surface area (Å²) in [5.41, 5.74) is -0.500. The lowest BCUT2D eigenvalue weighted by Crippen LogP contribution is -2.32. The van der Waals surface area contributed by atoms with E-state index in [4.69, 9.17) is 4.42 Å². The maximum absolute atomic E-state index is 13.3. The topological polar surface area (TPSA) is 53.7 Å². The van der Waals surface area contributed by atoms with Gasteiger partial charge in [0.1, 0.15) is 5.76 Å². The lowest BCUT2D eigenvalue weighted by atomic mass is 9.97. The largest absolute Gasteiger partial charge is 0.469 e. The van der Waals surface area contributed by atoms with E-state index in [9.17, 15) is 23.1 Å². The number of amides is 1. The first-order valence-corrected chi connectivity index (χ1v) is 7.48. The second kappa shape index (κ2) is 5.98. The Labute approximate surface area is 136 Å². The molecule has 0 radical (unpaired) electrons. The number of rotatable bonds is 2. The highest BCUT2D eigenvalue weighted by Gasteiger charge is 2.41. The SMILES string of the molecule is Cc1occc1C(=O)N1CC(O)CC1c1ccccc1C(F)(F)F. The van der Waals surface area contributed by atoms with Gasteiger partial charge >= 0.3 is 6.18 Å². The molecule has 1 N–H and O–H groups in total. The zero-order valence-corrected chi connectivity index (χ0v) is 12.9. The molecule has 1 aromatic heterocycles. The molecule has 128 valence electrons. The number of aliphatic hydroxyl groups is 1. The quantitative estimate of drug-likeness (QED) is 0.910. The fourth-order valence-electron chi connectivity index (χ4n) is 3.14. The molecule has 2 atom stereocenters. The molecule has 0 bridgehead atoms. The minimum absolute atomic E-state index is 0.00366. The van der Waals surface area contributed by atoms with Crippen LogP contribution in [0.15, 0.2) is 41.0 Å². The molecule has 2 heterocycles. The molecule has 24 heavy (non-hydrogen) atoms.